The first-order valence-electron chi connectivity index (χ1n) is 9.48. The van der Waals surface area contributed by atoms with Gasteiger partial charge in [0, 0.05) is 11.0 Å². The molecular weight excluding hydrogens is 356 g/mol. The van der Waals surface area contributed by atoms with E-state index in [1.165, 1.54) is 0 Å². The summed E-state index contributed by atoms with van der Waals surface area (Å²) in [6.45, 7) is 8.52. The third-order valence-corrected chi connectivity index (χ3v) is 5.09. The average Bonchev–Trinajstić information content (AvgIpc) is 3.43. The summed E-state index contributed by atoms with van der Waals surface area (Å²) in [5, 5.41) is 9.26. The molecule has 0 aromatic heterocycles. The molecule has 0 amide bonds. The Bertz CT molecular complexity index is 476. The van der Waals surface area contributed by atoms with E-state index in [1.54, 1.807) is 13.0 Å². The summed E-state index contributed by atoms with van der Waals surface area (Å²) in [5.41, 5.74) is -0.205. The molecule has 3 heterocycles. The number of rotatable bonds is 15. The molecule has 154 valence electrons. The van der Waals surface area contributed by atoms with Crippen molar-refractivity contribution in [3.63, 3.8) is 0 Å². The van der Waals surface area contributed by atoms with Crippen molar-refractivity contribution in [2.75, 3.05) is 59.5 Å². The van der Waals surface area contributed by atoms with Crippen molar-refractivity contribution < 1.29 is 38.3 Å². The normalized spacial score (nSPS) is 29.9. The summed E-state index contributed by atoms with van der Waals surface area (Å²) in [4.78, 5) is 11.3. The minimum atomic E-state index is -0.928. The number of aliphatic carboxylic acids is 1. The molecule has 0 aromatic rings. The molecule has 3 fully saturated rings. The Balaban J connectivity index is 1.65. The molecule has 0 bridgehead atoms. The highest BCUT2D eigenvalue weighted by Crippen LogP contribution is 2.33. The number of hydrogen-bond acceptors (Lipinski definition) is 7. The van der Waals surface area contributed by atoms with Crippen LogP contribution < -0.4 is 0 Å². The number of carboxylic acids is 1. The maximum absolute atomic E-state index is 11.3. The van der Waals surface area contributed by atoms with E-state index in [9.17, 15) is 9.90 Å². The van der Waals surface area contributed by atoms with Crippen LogP contribution in [0.1, 0.15) is 13.8 Å². The van der Waals surface area contributed by atoms with E-state index in [4.69, 9.17) is 28.4 Å². The third kappa shape index (κ3) is 7.14. The van der Waals surface area contributed by atoms with Gasteiger partial charge in [-0.25, -0.2) is 4.79 Å². The molecule has 8 nitrogen and oxygen atoms in total. The third-order valence-electron chi connectivity index (χ3n) is 5.09. The van der Waals surface area contributed by atoms with Crippen LogP contribution in [0.2, 0.25) is 0 Å². The molecule has 3 saturated heterocycles. The zero-order valence-electron chi connectivity index (χ0n) is 16.1. The molecule has 3 rings (SSSR count). The Hall–Kier alpha value is -1.03. The van der Waals surface area contributed by atoms with E-state index in [-0.39, 0.29) is 24.2 Å². The fourth-order valence-corrected chi connectivity index (χ4v) is 2.82. The van der Waals surface area contributed by atoms with Crippen molar-refractivity contribution in [3.05, 3.63) is 11.6 Å². The number of carbonyl (C=O) groups is 1. The van der Waals surface area contributed by atoms with E-state index in [0.29, 0.717) is 45.2 Å². The van der Waals surface area contributed by atoms with Crippen molar-refractivity contribution >= 4 is 5.97 Å². The van der Waals surface area contributed by atoms with Gasteiger partial charge in [-0.1, -0.05) is 13.0 Å². The topological polar surface area (TPSA) is 103 Å². The van der Waals surface area contributed by atoms with Crippen molar-refractivity contribution in [2.24, 2.45) is 11.3 Å². The van der Waals surface area contributed by atoms with Gasteiger partial charge in [0.2, 0.25) is 0 Å². The zero-order chi connectivity index (χ0) is 19.3. The standard InChI is InChI=1S/C19H30O8/c1-13(18(20)21)3-14(2)19(10-22-4-15-7-25-15,11-23-5-16-8-26-16)12-24-6-17-9-27-17/h3,14-17H,4-12H2,1-2H3,(H,20,21). The van der Waals surface area contributed by atoms with Crippen LogP contribution in [0.3, 0.4) is 0 Å². The Morgan fingerprint density at radius 1 is 1.00 bits per heavy atom. The molecule has 0 aliphatic carbocycles. The van der Waals surface area contributed by atoms with Crippen LogP contribution in [-0.2, 0) is 33.2 Å². The molecule has 0 aromatic carbocycles. The highest BCUT2D eigenvalue weighted by atomic mass is 16.6. The molecule has 4 atom stereocenters. The first kappa shape index (κ1) is 20.7. The quantitative estimate of drug-likeness (QED) is 0.327. The summed E-state index contributed by atoms with van der Waals surface area (Å²) >= 11 is 0. The van der Waals surface area contributed by atoms with Gasteiger partial charge < -0.3 is 33.5 Å². The minimum Gasteiger partial charge on any atom is -0.478 e. The predicted molar refractivity (Wildman–Crippen MR) is 94.7 cm³/mol. The lowest BCUT2D eigenvalue weighted by molar-refractivity contribution is -0.132. The van der Waals surface area contributed by atoms with Gasteiger partial charge in [-0.2, -0.15) is 0 Å². The van der Waals surface area contributed by atoms with E-state index in [1.807, 2.05) is 6.92 Å². The summed E-state index contributed by atoms with van der Waals surface area (Å²) in [7, 11) is 0. The van der Waals surface area contributed by atoms with E-state index >= 15 is 0 Å². The van der Waals surface area contributed by atoms with Gasteiger partial charge in [-0.05, 0) is 12.8 Å². The summed E-state index contributed by atoms with van der Waals surface area (Å²) in [6.07, 6.45) is 2.25. The van der Waals surface area contributed by atoms with E-state index in [2.05, 4.69) is 0 Å². The lowest BCUT2D eigenvalue weighted by Gasteiger charge is -2.37. The first-order valence-corrected chi connectivity index (χ1v) is 9.48. The maximum atomic E-state index is 11.3. The SMILES string of the molecule is CC(=CC(C)C(COCC1CO1)(COCC1CO1)COCC1CO1)C(=O)O. The molecule has 0 spiro atoms. The minimum absolute atomic E-state index is 0.117. The number of carboxylic acid groups (broad SMARTS) is 1. The Morgan fingerprint density at radius 2 is 1.37 bits per heavy atom. The zero-order valence-corrected chi connectivity index (χ0v) is 16.1. The Labute approximate surface area is 159 Å². The van der Waals surface area contributed by atoms with Gasteiger partial charge in [0.05, 0.1) is 59.5 Å². The molecule has 1 N–H and O–H groups in total. The maximum Gasteiger partial charge on any atom is 0.330 e. The highest BCUT2D eigenvalue weighted by molar-refractivity contribution is 5.85. The first-order chi connectivity index (χ1) is 13.0. The fourth-order valence-electron chi connectivity index (χ4n) is 2.82. The van der Waals surface area contributed by atoms with Crippen molar-refractivity contribution in [1.29, 1.82) is 0 Å². The van der Waals surface area contributed by atoms with Crippen LogP contribution in [0, 0.1) is 11.3 Å². The number of epoxide rings is 3. The van der Waals surface area contributed by atoms with E-state index < -0.39 is 11.4 Å². The molecule has 3 aliphatic rings. The van der Waals surface area contributed by atoms with Gasteiger partial charge in [-0.15, -0.1) is 0 Å². The second-order valence-electron chi connectivity index (χ2n) is 7.72. The highest BCUT2D eigenvalue weighted by Gasteiger charge is 2.39. The smallest absolute Gasteiger partial charge is 0.330 e. The van der Waals surface area contributed by atoms with Crippen LogP contribution in [-0.4, -0.2) is 88.8 Å². The fraction of sp³-hybridized carbons (Fsp3) is 0.842. The molecule has 0 radical (unpaired) electrons. The second-order valence-corrected chi connectivity index (χ2v) is 7.72. The lowest BCUT2D eigenvalue weighted by atomic mass is 9.77. The number of hydrogen-bond donors (Lipinski definition) is 1. The van der Waals surface area contributed by atoms with Gasteiger partial charge in [0.15, 0.2) is 0 Å². The number of ether oxygens (including phenoxy) is 6. The predicted octanol–water partition coefficient (Wildman–Crippen LogP) is 0.886. The Morgan fingerprint density at radius 3 is 1.67 bits per heavy atom. The van der Waals surface area contributed by atoms with Crippen molar-refractivity contribution in [1.82, 2.24) is 0 Å². The molecule has 0 saturated carbocycles. The van der Waals surface area contributed by atoms with Crippen molar-refractivity contribution in [3.8, 4) is 0 Å². The van der Waals surface area contributed by atoms with Crippen LogP contribution >= 0.6 is 0 Å². The number of allylic oxidation sites excluding steroid dienone is 1. The van der Waals surface area contributed by atoms with Crippen LogP contribution in [0.4, 0.5) is 0 Å². The molecule has 8 heteroatoms. The second kappa shape index (κ2) is 9.45. The van der Waals surface area contributed by atoms with Crippen LogP contribution in [0.25, 0.3) is 0 Å². The van der Waals surface area contributed by atoms with E-state index in [0.717, 1.165) is 19.8 Å². The summed E-state index contributed by atoms with van der Waals surface area (Å²) in [6, 6.07) is 0. The molecule has 27 heavy (non-hydrogen) atoms. The van der Waals surface area contributed by atoms with Crippen LogP contribution in [0.15, 0.2) is 11.6 Å². The molecule has 3 aliphatic heterocycles. The van der Waals surface area contributed by atoms with Gasteiger partial charge in [0.1, 0.15) is 18.3 Å². The summed E-state index contributed by atoms with van der Waals surface area (Å²) in [5.74, 6) is -1.04. The largest absolute Gasteiger partial charge is 0.478 e. The van der Waals surface area contributed by atoms with Gasteiger partial charge in [-0.3, -0.25) is 0 Å². The molecule has 4 unspecified atom stereocenters. The summed E-state index contributed by atoms with van der Waals surface area (Å²) < 4.78 is 33.4. The monoisotopic (exact) mass is 386 g/mol. The Kier molecular flexibility index (Phi) is 7.24. The average molecular weight is 386 g/mol. The molecular formula is C19H30O8. The van der Waals surface area contributed by atoms with Crippen molar-refractivity contribution in [2.45, 2.75) is 32.2 Å². The van der Waals surface area contributed by atoms with Crippen LogP contribution in [0.5, 0.6) is 0 Å². The van der Waals surface area contributed by atoms with Gasteiger partial charge in [0.25, 0.3) is 0 Å². The van der Waals surface area contributed by atoms with Gasteiger partial charge >= 0.3 is 5.97 Å². The lowest BCUT2D eigenvalue weighted by Crippen LogP contribution is -2.43.